The van der Waals surface area contributed by atoms with Gasteiger partial charge in [0.2, 0.25) is 0 Å². The van der Waals surface area contributed by atoms with Crippen molar-refractivity contribution in [2.45, 2.75) is 6.48 Å². The molecule has 0 saturated carbocycles. The molecule has 118 valence electrons. The molecular weight excluding hydrogens is 347 g/mol. The van der Waals surface area contributed by atoms with E-state index >= 15 is 0 Å². The van der Waals surface area contributed by atoms with Crippen LogP contribution in [0.15, 0.2) is 36.4 Å². The van der Waals surface area contributed by atoms with Crippen LogP contribution in [0.2, 0.25) is 10.0 Å². The molecule has 0 bridgehead atoms. The van der Waals surface area contributed by atoms with Gasteiger partial charge in [-0.05, 0) is 18.2 Å². The van der Waals surface area contributed by atoms with Crippen molar-refractivity contribution in [2.24, 2.45) is 0 Å². The highest BCUT2D eigenvalue weighted by Crippen LogP contribution is 2.39. The zero-order chi connectivity index (χ0) is 16.6. The second-order valence-electron chi connectivity index (χ2n) is 4.53. The van der Waals surface area contributed by atoms with Crippen LogP contribution in [0, 0.1) is 0 Å². The molecule has 0 spiro atoms. The van der Waals surface area contributed by atoms with Crippen LogP contribution in [0.1, 0.15) is 15.9 Å². The number of hydrogen-bond acceptors (Lipinski definition) is 5. The Bertz CT molecular complexity index is 805. The van der Waals surface area contributed by atoms with Crippen LogP contribution < -0.4 is 9.47 Å². The van der Waals surface area contributed by atoms with Gasteiger partial charge in [0, 0.05) is 22.2 Å². The lowest BCUT2D eigenvalue weighted by molar-refractivity contribution is -0.147. The van der Waals surface area contributed by atoms with Crippen LogP contribution in [0.3, 0.4) is 0 Å². The van der Waals surface area contributed by atoms with E-state index in [1.165, 1.54) is 18.2 Å². The third-order valence-corrected chi connectivity index (χ3v) is 3.56. The molecule has 1 heterocycles. The number of benzene rings is 2. The molecule has 1 aliphatic rings. The number of ether oxygens (including phenoxy) is 3. The average Bonchev–Trinajstić information content (AvgIpc) is 2.85. The van der Waals surface area contributed by atoms with E-state index in [1.54, 1.807) is 18.2 Å². The molecule has 1 aliphatic heterocycles. The molecule has 0 saturated heterocycles. The first-order chi connectivity index (χ1) is 10.9. The Morgan fingerprint density at radius 2 is 1.78 bits per heavy atom. The summed E-state index contributed by atoms with van der Waals surface area (Å²) in [6.45, 7) is -1.44. The van der Waals surface area contributed by atoms with Crippen LogP contribution in [0.25, 0.3) is 0 Å². The minimum Gasteiger partial charge on any atom is -0.450 e. The van der Waals surface area contributed by atoms with Crippen LogP contribution in [0.4, 0.5) is 4.79 Å². The molecule has 0 aliphatic carbocycles. The highest BCUT2D eigenvalue weighted by atomic mass is 35.5. The highest BCUT2D eigenvalue weighted by molar-refractivity contribution is 6.35. The fraction of sp³-hybridized carbons (Fsp3) is 0.0667. The molecule has 2 aromatic carbocycles. The minimum atomic E-state index is -1.55. The monoisotopic (exact) mass is 354 g/mol. The Labute approximate surface area is 140 Å². The summed E-state index contributed by atoms with van der Waals surface area (Å²) >= 11 is 12.0. The van der Waals surface area contributed by atoms with Crippen molar-refractivity contribution in [3.8, 4) is 11.5 Å². The number of ketones is 1. The van der Waals surface area contributed by atoms with Crippen LogP contribution in [0.5, 0.6) is 11.5 Å². The highest BCUT2D eigenvalue weighted by Gasteiger charge is 2.30. The number of fused-ring (bicyclic) bond motifs is 1. The standard InChI is InChI=1S/C15H8Cl2O6/c16-8-3-1-2-7(4-8)13(18)9-5-11-12(6-10(9)17)22-15(21-11)23-14(19)20/h1-6,15H,(H,19,20). The smallest absolute Gasteiger partial charge is 0.450 e. The zero-order valence-corrected chi connectivity index (χ0v) is 12.8. The van der Waals surface area contributed by atoms with Crippen molar-refractivity contribution in [1.82, 2.24) is 0 Å². The van der Waals surface area contributed by atoms with E-state index < -0.39 is 12.6 Å². The van der Waals surface area contributed by atoms with Gasteiger partial charge in [-0.2, -0.15) is 0 Å². The number of carbonyl (C=O) groups is 2. The molecule has 0 radical (unpaired) electrons. The first kappa shape index (κ1) is 15.5. The van der Waals surface area contributed by atoms with Crippen LogP contribution in [-0.2, 0) is 4.74 Å². The topological polar surface area (TPSA) is 82.1 Å². The largest absolute Gasteiger partial charge is 0.511 e. The van der Waals surface area contributed by atoms with E-state index in [0.29, 0.717) is 10.6 Å². The molecule has 1 N–H and O–H groups in total. The van der Waals surface area contributed by atoms with E-state index in [4.69, 9.17) is 37.8 Å². The summed E-state index contributed by atoms with van der Waals surface area (Å²) in [5.74, 6) is -0.0126. The summed E-state index contributed by atoms with van der Waals surface area (Å²) in [4.78, 5) is 23.0. The molecule has 0 amide bonds. The number of halogens is 2. The third-order valence-electron chi connectivity index (χ3n) is 3.01. The normalized spacial score (nSPS) is 15.3. The zero-order valence-electron chi connectivity index (χ0n) is 11.3. The molecular formula is C15H8Cl2O6. The van der Waals surface area contributed by atoms with Crippen molar-refractivity contribution in [3.05, 3.63) is 57.6 Å². The second kappa shape index (κ2) is 5.98. The summed E-state index contributed by atoms with van der Waals surface area (Å²) in [6.07, 6.45) is -1.55. The maximum absolute atomic E-state index is 12.5. The van der Waals surface area contributed by atoms with E-state index in [-0.39, 0.29) is 27.9 Å². The fourth-order valence-corrected chi connectivity index (χ4v) is 2.47. The first-order valence-electron chi connectivity index (χ1n) is 6.31. The molecule has 1 atom stereocenters. The summed E-state index contributed by atoms with van der Waals surface area (Å²) in [6, 6.07) is 9.14. The Balaban J connectivity index is 1.91. The van der Waals surface area contributed by atoms with Gasteiger partial charge in [0.15, 0.2) is 17.3 Å². The van der Waals surface area contributed by atoms with E-state index in [1.807, 2.05) is 0 Å². The summed E-state index contributed by atoms with van der Waals surface area (Å²) < 4.78 is 14.6. The third kappa shape index (κ3) is 3.18. The molecule has 3 rings (SSSR count). The summed E-state index contributed by atoms with van der Waals surface area (Å²) in [5, 5.41) is 9.10. The van der Waals surface area contributed by atoms with E-state index in [2.05, 4.69) is 4.74 Å². The minimum absolute atomic E-state index is 0.133. The van der Waals surface area contributed by atoms with Gasteiger partial charge < -0.3 is 19.3 Å². The Morgan fingerprint density at radius 3 is 2.43 bits per heavy atom. The summed E-state index contributed by atoms with van der Waals surface area (Å²) in [7, 11) is 0. The predicted molar refractivity (Wildman–Crippen MR) is 80.5 cm³/mol. The number of carbonyl (C=O) groups excluding carboxylic acids is 1. The van der Waals surface area contributed by atoms with Gasteiger partial charge in [-0.3, -0.25) is 4.79 Å². The Kier molecular flexibility index (Phi) is 4.02. The molecule has 0 aromatic heterocycles. The maximum atomic E-state index is 12.5. The van der Waals surface area contributed by atoms with Gasteiger partial charge in [-0.25, -0.2) is 4.79 Å². The van der Waals surface area contributed by atoms with E-state index in [0.717, 1.165) is 0 Å². The maximum Gasteiger partial charge on any atom is 0.511 e. The van der Waals surface area contributed by atoms with Crippen molar-refractivity contribution in [2.75, 3.05) is 0 Å². The predicted octanol–water partition coefficient (Wildman–Crippen LogP) is 3.97. The van der Waals surface area contributed by atoms with Gasteiger partial charge in [-0.1, -0.05) is 35.3 Å². The Hall–Kier alpha value is -2.44. The molecule has 6 nitrogen and oxygen atoms in total. The van der Waals surface area contributed by atoms with Crippen molar-refractivity contribution < 1.29 is 28.9 Å². The molecule has 2 aromatic rings. The fourth-order valence-electron chi connectivity index (χ4n) is 2.04. The van der Waals surface area contributed by atoms with E-state index in [9.17, 15) is 9.59 Å². The number of carboxylic acid groups (broad SMARTS) is 1. The average molecular weight is 355 g/mol. The summed E-state index contributed by atoms with van der Waals surface area (Å²) in [5.41, 5.74) is 0.531. The van der Waals surface area contributed by atoms with Crippen molar-refractivity contribution >= 4 is 35.1 Å². The second-order valence-corrected chi connectivity index (χ2v) is 5.37. The van der Waals surface area contributed by atoms with Crippen molar-refractivity contribution in [3.63, 3.8) is 0 Å². The van der Waals surface area contributed by atoms with Gasteiger partial charge in [0.1, 0.15) is 0 Å². The number of rotatable bonds is 3. The van der Waals surface area contributed by atoms with Gasteiger partial charge >= 0.3 is 12.6 Å². The SMILES string of the molecule is O=C(O)OC1Oc2cc(Cl)c(C(=O)c3cccc(Cl)c3)cc2O1. The molecule has 1 unspecified atom stereocenters. The van der Waals surface area contributed by atoms with Gasteiger partial charge in [0.25, 0.3) is 0 Å². The van der Waals surface area contributed by atoms with Crippen molar-refractivity contribution in [1.29, 1.82) is 0 Å². The van der Waals surface area contributed by atoms with Gasteiger partial charge in [-0.15, -0.1) is 0 Å². The number of hydrogen-bond donors (Lipinski definition) is 1. The molecule has 0 fully saturated rings. The molecule has 8 heteroatoms. The van der Waals surface area contributed by atoms with Crippen LogP contribution in [-0.4, -0.2) is 23.5 Å². The lowest BCUT2D eigenvalue weighted by Crippen LogP contribution is -2.24. The lowest BCUT2D eigenvalue weighted by Gasteiger charge is -2.06. The first-order valence-corrected chi connectivity index (χ1v) is 7.06. The quantitative estimate of drug-likeness (QED) is 0.663. The molecule has 23 heavy (non-hydrogen) atoms. The van der Waals surface area contributed by atoms with Gasteiger partial charge in [0.05, 0.1) is 5.02 Å². The lowest BCUT2D eigenvalue weighted by atomic mass is 10.0. The van der Waals surface area contributed by atoms with Crippen LogP contribution >= 0.6 is 23.2 Å². The Morgan fingerprint density at radius 1 is 1.09 bits per heavy atom.